The Kier molecular flexibility index (Phi) is 6.69. The highest BCUT2D eigenvalue weighted by atomic mass is 16.2. The van der Waals surface area contributed by atoms with Gasteiger partial charge in [0, 0.05) is 6.54 Å². The van der Waals surface area contributed by atoms with E-state index in [-0.39, 0.29) is 23.8 Å². The topological polar surface area (TPSA) is 49.4 Å². The summed E-state index contributed by atoms with van der Waals surface area (Å²) >= 11 is 0. The Labute approximate surface area is 129 Å². The Bertz CT molecular complexity index is 368. The zero-order valence-corrected chi connectivity index (χ0v) is 14.4. The molecule has 0 radical (unpaired) electrons. The molecule has 0 aromatic rings. The van der Waals surface area contributed by atoms with Crippen molar-refractivity contribution in [3.8, 4) is 0 Å². The number of nitrogens with one attached hydrogen (secondary N) is 1. The number of hydrogen-bond donors (Lipinski definition) is 1. The van der Waals surface area contributed by atoms with E-state index in [4.69, 9.17) is 0 Å². The number of amides is 2. The zero-order valence-electron chi connectivity index (χ0n) is 14.4. The fourth-order valence-electron chi connectivity index (χ4n) is 2.93. The summed E-state index contributed by atoms with van der Waals surface area (Å²) in [5.74, 6) is 0.215. The van der Waals surface area contributed by atoms with Crippen LogP contribution in [0.4, 0.5) is 0 Å². The monoisotopic (exact) mass is 296 g/mol. The highest BCUT2D eigenvalue weighted by Crippen LogP contribution is 2.27. The molecular weight excluding hydrogens is 264 g/mol. The molecule has 1 heterocycles. The second-order valence-electron chi connectivity index (χ2n) is 6.73. The third-order valence-corrected chi connectivity index (χ3v) is 4.74. The van der Waals surface area contributed by atoms with Crippen molar-refractivity contribution in [3.05, 3.63) is 0 Å². The quantitative estimate of drug-likeness (QED) is 0.700. The van der Waals surface area contributed by atoms with Crippen molar-refractivity contribution >= 4 is 11.8 Å². The largest absolute Gasteiger partial charge is 0.342 e. The molecule has 0 aromatic carbocycles. The fraction of sp³-hybridized carbons (Fsp3) is 0.882. The Morgan fingerprint density at radius 2 is 1.76 bits per heavy atom. The standard InChI is InChI=1S/C17H32N2O2/c1-6-8-9-10-11-12-19-15(20)14(13(3)4)18-16(21)17(19,5)7-2/h13-14H,6-12H2,1-5H3,(H,18,21). The molecule has 1 N–H and O–H groups in total. The van der Waals surface area contributed by atoms with E-state index < -0.39 is 5.54 Å². The van der Waals surface area contributed by atoms with Gasteiger partial charge in [-0.2, -0.15) is 0 Å². The van der Waals surface area contributed by atoms with Crippen LogP contribution in [-0.4, -0.2) is 34.8 Å². The molecule has 0 aliphatic carbocycles. The van der Waals surface area contributed by atoms with E-state index >= 15 is 0 Å². The second-order valence-corrected chi connectivity index (χ2v) is 6.73. The summed E-state index contributed by atoms with van der Waals surface area (Å²) in [5, 5.41) is 2.92. The van der Waals surface area contributed by atoms with Crippen LogP contribution < -0.4 is 5.32 Å². The predicted octanol–water partition coefficient (Wildman–Crippen LogP) is 3.11. The maximum absolute atomic E-state index is 12.7. The maximum Gasteiger partial charge on any atom is 0.246 e. The van der Waals surface area contributed by atoms with Gasteiger partial charge in [0.2, 0.25) is 11.8 Å². The first-order chi connectivity index (χ1) is 9.88. The fourth-order valence-corrected chi connectivity index (χ4v) is 2.93. The molecule has 2 unspecified atom stereocenters. The molecule has 4 nitrogen and oxygen atoms in total. The van der Waals surface area contributed by atoms with Crippen molar-refractivity contribution in [2.24, 2.45) is 5.92 Å². The van der Waals surface area contributed by atoms with Gasteiger partial charge < -0.3 is 10.2 Å². The van der Waals surface area contributed by atoms with Gasteiger partial charge in [-0.3, -0.25) is 9.59 Å². The molecular formula is C17H32N2O2. The number of hydrogen-bond acceptors (Lipinski definition) is 2. The van der Waals surface area contributed by atoms with Gasteiger partial charge in [-0.05, 0) is 25.7 Å². The molecule has 0 spiro atoms. The smallest absolute Gasteiger partial charge is 0.246 e. The Morgan fingerprint density at radius 3 is 2.29 bits per heavy atom. The average molecular weight is 296 g/mol. The molecule has 0 aromatic heterocycles. The van der Waals surface area contributed by atoms with E-state index in [1.165, 1.54) is 19.3 Å². The average Bonchev–Trinajstić information content (AvgIpc) is 2.45. The SMILES string of the molecule is CCCCCCCN1C(=O)C(C(C)C)NC(=O)C1(C)CC. The lowest BCUT2D eigenvalue weighted by Crippen LogP contribution is -2.70. The van der Waals surface area contributed by atoms with Crippen LogP contribution >= 0.6 is 0 Å². The van der Waals surface area contributed by atoms with Crippen LogP contribution in [0.15, 0.2) is 0 Å². The van der Waals surface area contributed by atoms with Gasteiger partial charge in [-0.1, -0.05) is 53.4 Å². The van der Waals surface area contributed by atoms with Crippen molar-refractivity contribution < 1.29 is 9.59 Å². The van der Waals surface area contributed by atoms with E-state index in [1.807, 2.05) is 32.6 Å². The van der Waals surface area contributed by atoms with E-state index in [2.05, 4.69) is 12.2 Å². The predicted molar refractivity (Wildman–Crippen MR) is 85.9 cm³/mol. The number of carbonyl (C=O) groups excluding carboxylic acids is 2. The lowest BCUT2D eigenvalue weighted by atomic mass is 9.87. The summed E-state index contributed by atoms with van der Waals surface area (Å²) in [6.45, 7) is 10.7. The van der Waals surface area contributed by atoms with Gasteiger partial charge in [0.05, 0.1) is 0 Å². The molecule has 1 saturated heterocycles. The minimum absolute atomic E-state index is 0.00291. The summed E-state index contributed by atoms with van der Waals surface area (Å²) in [7, 11) is 0. The summed E-state index contributed by atoms with van der Waals surface area (Å²) in [5.41, 5.74) is -0.687. The highest BCUT2D eigenvalue weighted by Gasteiger charge is 2.48. The Balaban J connectivity index is 2.76. The number of rotatable bonds is 8. The van der Waals surface area contributed by atoms with Gasteiger partial charge in [0.1, 0.15) is 11.6 Å². The molecule has 2 amide bonds. The van der Waals surface area contributed by atoms with Gasteiger partial charge >= 0.3 is 0 Å². The highest BCUT2D eigenvalue weighted by molar-refractivity contribution is 5.99. The van der Waals surface area contributed by atoms with Crippen molar-refractivity contribution in [1.29, 1.82) is 0 Å². The third-order valence-electron chi connectivity index (χ3n) is 4.74. The number of carbonyl (C=O) groups is 2. The molecule has 4 heteroatoms. The summed E-state index contributed by atoms with van der Waals surface area (Å²) in [6.07, 6.45) is 6.44. The Morgan fingerprint density at radius 1 is 1.14 bits per heavy atom. The number of nitrogens with zero attached hydrogens (tertiary/aromatic N) is 1. The first-order valence-electron chi connectivity index (χ1n) is 8.50. The van der Waals surface area contributed by atoms with Crippen LogP contribution in [-0.2, 0) is 9.59 Å². The normalized spacial score (nSPS) is 26.4. The lowest BCUT2D eigenvalue weighted by molar-refractivity contribution is -0.158. The third kappa shape index (κ3) is 3.98. The summed E-state index contributed by atoms with van der Waals surface area (Å²) in [6, 6.07) is -0.368. The second kappa shape index (κ2) is 7.81. The molecule has 2 atom stereocenters. The van der Waals surface area contributed by atoms with Crippen LogP contribution in [0.2, 0.25) is 0 Å². The number of unbranched alkanes of at least 4 members (excludes halogenated alkanes) is 4. The van der Waals surface area contributed by atoms with Crippen LogP contribution in [0, 0.1) is 5.92 Å². The van der Waals surface area contributed by atoms with Crippen LogP contribution in [0.1, 0.15) is 73.1 Å². The summed E-state index contributed by atoms with van der Waals surface area (Å²) in [4.78, 5) is 27.0. The van der Waals surface area contributed by atoms with Crippen molar-refractivity contribution in [2.45, 2.75) is 84.7 Å². The molecule has 21 heavy (non-hydrogen) atoms. The maximum atomic E-state index is 12.7. The van der Waals surface area contributed by atoms with Crippen LogP contribution in [0.3, 0.4) is 0 Å². The molecule has 0 bridgehead atoms. The minimum atomic E-state index is -0.687. The van der Waals surface area contributed by atoms with E-state index in [0.29, 0.717) is 13.0 Å². The van der Waals surface area contributed by atoms with Crippen molar-refractivity contribution in [2.75, 3.05) is 6.54 Å². The van der Waals surface area contributed by atoms with E-state index in [9.17, 15) is 9.59 Å². The molecule has 0 saturated carbocycles. The molecule has 1 aliphatic heterocycles. The van der Waals surface area contributed by atoms with E-state index in [0.717, 1.165) is 12.8 Å². The molecule has 1 aliphatic rings. The van der Waals surface area contributed by atoms with Crippen molar-refractivity contribution in [1.82, 2.24) is 10.2 Å². The lowest BCUT2D eigenvalue weighted by Gasteiger charge is -2.47. The first kappa shape index (κ1) is 18.0. The van der Waals surface area contributed by atoms with Gasteiger partial charge in [-0.15, -0.1) is 0 Å². The van der Waals surface area contributed by atoms with Gasteiger partial charge in [-0.25, -0.2) is 0 Å². The van der Waals surface area contributed by atoms with Gasteiger partial charge in [0.15, 0.2) is 0 Å². The summed E-state index contributed by atoms with van der Waals surface area (Å²) < 4.78 is 0. The zero-order chi connectivity index (χ0) is 16.0. The minimum Gasteiger partial charge on any atom is -0.342 e. The first-order valence-corrected chi connectivity index (χ1v) is 8.50. The van der Waals surface area contributed by atoms with Crippen molar-refractivity contribution in [3.63, 3.8) is 0 Å². The van der Waals surface area contributed by atoms with Crippen LogP contribution in [0.25, 0.3) is 0 Å². The molecule has 1 rings (SSSR count). The molecule has 122 valence electrons. The van der Waals surface area contributed by atoms with Gasteiger partial charge in [0.25, 0.3) is 0 Å². The van der Waals surface area contributed by atoms with E-state index in [1.54, 1.807) is 0 Å². The molecule has 1 fully saturated rings. The van der Waals surface area contributed by atoms with Crippen LogP contribution in [0.5, 0.6) is 0 Å². The number of piperazine rings is 1. The Hall–Kier alpha value is -1.06.